The van der Waals surface area contributed by atoms with Gasteiger partial charge in [-0.25, -0.2) is 9.97 Å². The molecule has 1 aliphatic heterocycles. The fourth-order valence-corrected chi connectivity index (χ4v) is 3.40. The highest BCUT2D eigenvalue weighted by atomic mass is 16.5. The van der Waals surface area contributed by atoms with E-state index in [1.165, 1.54) is 25.0 Å². The molecule has 0 saturated heterocycles. The van der Waals surface area contributed by atoms with Crippen LogP contribution in [0, 0.1) is 6.92 Å². The van der Waals surface area contributed by atoms with Gasteiger partial charge in [-0.05, 0) is 37.8 Å². The van der Waals surface area contributed by atoms with Crippen LogP contribution in [-0.4, -0.2) is 43.3 Å². The summed E-state index contributed by atoms with van der Waals surface area (Å²) in [7, 11) is 0. The molecule has 23 heavy (non-hydrogen) atoms. The fraction of sp³-hybridized carbons (Fsp3) is 0.588. The second kappa shape index (κ2) is 6.28. The first kappa shape index (κ1) is 14.6. The van der Waals surface area contributed by atoms with E-state index in [1.807, 2.05) is 13.1 Å². The summed E-state index contributed by atoms with van der Waals surface area (Å²) in [6.07, 6.45) is 10.5. The van der Waals surface area contributed by atoms with Crippen molar-refractivity contribution in [3.8, 4) is 6.01 Å². The van der Waals surface area contributed by atoms with Crippen molar-refractivity contribution in [2.45, 2.75) is 57.8 Å². The zero-order valence-electron chi connectivity index (χ0n) is 13.6. The fourth-order valence-electron chi connectivity index (χ4n) is 3.40. The lowest BCUT2D eigenvalue weighted by atomic mass is 9.90. The minimum absolute atomic E-state index is 0.395. The molecule has 0 bridgehead atoms. The van der Waals surface area contributed by atoms with Crippen LogP contribution in [-0.2, 0) is 13.1 Å². The predicted octanol–water partition coefficient (Wildman–Crippen LogP) is 2.19. The van der Waals surface area contributed by atoms with Crippen molar-refractivity contribution < 1.29 is 4.74 Å². The van der Waals surface area contributed by atoms with E-state index in [4.69, 9.17) is 4.74 Å². The Morgan fingerprint density at radius 2 is 2.04 bits per heavy atom. The number of aromatic nitrogens is 4. The van der Waals surface area contributed by atoms with Crippen molar-refractivity contribution in [2.75, 3.05) is 6.61 Å². The molecule has 0 aromatic carbocycles. The van der Waals surface area contributed by atoms with E-state index in [0.29, 0.717) is 24.7 Å². The highest BCUT2D eigenvalue weighted by Gasteiger charge is 2.33. The van der Waals surface area contributed by atoms with Crippen LogP contribution in [0.3, 0.4) is 0 Å². The zero-order chi connectivity index (χ0) is 15.6. The maximum Gasteiger partial charge on any atom is 0.316 e. The molecule has 3 heterocycles. The lowest BCUT2D eigenvalue weighted by Crippen LogP contribution is -2.48. The summed E-state index contributed by atoms with van der Waals surface area (Å²) in [5.41, 5.74) is 2.36. The van der Waals surface area contributed by atoms with Crippen LogP contribution in [0.25, 0.3) is 0 Å². The lowest BCUT2D eigenvalue weighted by molar-refractivity contribution is 0.0427. The van der Waals surface area contributed by atoms with Crippen LogP contribution < -0.4 is 4.74 Å². The summed E-state index contributed by atoms with van der Waals surface area (Å²) in [6, 6.07) is 3.69. The van der Waals surface area contributed by atoms with Crippen LogP contribution in [0.15, 0.2) is 24.7 Å². The molecule has 0 spiro atoms. The Kier molecular flexibility index (Phi) is 3.99. The third-order valence-corrected chi connectivity index (χ3v) is 5.00. The molecule has 2 aromatic rings. The third-order valence-electron chi connectivity index (χ3n) is 5.00. The normalized spacial score (nSPS) is 22.2. The van der Waals surface area contributed by atoms with E-state index in [9.17, 15) is 0 Å². The summed E-state index contributed by atoms with van der Waals surface area (Å²) >= 11 is 0. The van der Waals surface area contributed by atoms with Crippen LogP contribution in [0.2, 0.25) is 0 Å². The van der Waals surface area contributed by atoms with E-state index in [1.54, 1.807) is 12.4 Å². The van der Waals surface area contributed by atoms with Gasteiger partial charge in [-0.15, -0.1) is 0 Å². The van der Waals surface area contributed by atoms with Gasteiger partial charge in [0.1, 0.15) is 6.61 Å². The average Bonchev–Trinajstić information content (AvgIpc) is 2.87. The maximum absolute atomic E-state index is 5.89. The smallest absolute Gasteiger partial charge is 0.316 e. The van der Waals surface area contributed by atoms with Gasteiger partial charge in [0.15, 0.2) is 0 Å². The van der Waals surface area contributed by atoms with Gasteiger partial charge in [0.2, 0.25) is 0 Å². The minimum atomic E-state index is 0.395. The SMILES string of the molecule is Cc1cnc(OCC2CCn3nccc3CN2C2CCC2)nc1. The molecule has 1 fully saturated rings. The zero-order valence-corrected chi connectivity index (χ0v) is 13.6. The summed E-state index contributed by atoms with van der Waals surface area (Å²) in [5.74, 6) is 0. The van der Waals surface area contributed by atoms with Crippen molar-refractivity contribution in [2.24, 2.45) is 0 Å². The van der Waals surface area contributed by atoms with E-state index in [-0.39, 0.29) is 0 Å². The average molecular weight is 313 g/mol. The Morgan fingerprint density at radius 3 is 2.78 bits per heavy atom. The van der Waals surface area contributed by atoms with Gasteiger partial charge in [0.25, 0.3) is 0 Å². The first-order valence-corrected chi connectivity index (χ1v) is 8.47. The highest BCUT2D eigenvalue weighted by molar-refractivity contribution is 5.06. The van der Waals surface area contributed by atoms with Gasteiger partial charge >= 0.3 is 6.01 Å². The molecule has 1 aliphatic carbocycles. The summed E-state index contributed by atoms with van der Waals surface area (Å²) in [5, 5.41) is 4.44. The Balaban J connectivity index is 1.46. The number of aryl methyl sites for hydroxylation is 2. The van der Waals surface area contributed by atoms with Crippen molar-refractivity contribution >= 4 is 0 Å². The molecule has 1 unspecified atom stereocenters. The largest absolute Gasteiger partial charge is 0.462 e. The summed E-state index contributed by atoms with van der Waals surface area (Å²) in [4.78, 5) is 11.1. The van der Waals surface area contributed by atoms with Crippen molar-refractivity contribution in [1.29, 1.82) is 0 Å². The molecule has 2 aliphatic rings. The molecule has 0 radical (unpaired) electrons. The third kappa shape index (κ3) is 3.08. The standard InChI is InChI=1S/C17H23N5O/c1-13-9-18-17(19-10-13)23-12-16-6-8-22-15(5-7-20-22)11-21(16)14-3-2-4-14/h5,7,9-10,14,16H,2-4,6,8,11-12H2,1H3. The number of rotatable bonds is 4. The highest BCUT2D eigenvalue weighted by Crippen LogP contribution is 2.30. The maximum atomic E-state index is 5.89. The van der Waals surface area contributed by atoms with Gasteiger partial charge in [-0.3, -0.25) is 9.58 Å². The predicted molar refractivity (Wildman–Crippen MR) is 86.1 cm³/mol. The van der Waals surface area contributed by atoms with E-state index >= 15 is 0 Å². The van der Waals surface area contributed by atoms with Gasteiger partial charge in [-0.2, -0.15) is 5.10 Å². The van der Waals surface area contributed by atoms with Crippen LogP contribution >= 0.6 is 0 Å². The number of hydrogen-bond donors (Lipinski definition) is 0. The quantitative estimate of drug-likeness (QED) is 0.866. The molecule has 1 saturated carbocycles. The number of hydrogen-bond acceptors (Lipinski definition) is 5. The summed E-state index contributed by atoms with van der Waals surface area (Å²) < 4.78 is 8.02. The molecule has 6 nitrogen and oxygen atoms in total. The van der Waals surface area contributed by atoms with Gasteiger partial charge in [0, 0.05) is 43.8 Å². The Labute approximate surface area is 136 Å². The first-order valence-electron chi connectivity index (χ1n) is 8.47. The first-order chi connectivity index (χ1) is 11.3. The van der Waals surface area contributed by atoms with Crippen molar-refractivity contribution in [1.82, 2.24) is 24.6 Å². The number of ether oxygens (including phenoxy) is 1. The minimum Gasteiger partial charge on any atom is -0.462 e. The second-order valence-corrected chi connectivity index (χ2v) is 6.60. The Hall–Kier alpha value is -1.95. The molecule has 1 atom stereocenters. The topological polar surface area (TPSA) is 56.1 Å². The van der Waals surface area contributed by atoms with E-state index in [2.05, 4.69) is 30.7 Å². The monoisotopic (exact) mass is 313 g/mol. The number of fused-ring (bicyclic) bond motifs is 1. The Morgan fingerprint density at radius 1 is 1.22 bits per heavy atom. The van der Waals surface area contributed by atoms with Crippen molar-refractivity contribution in [3.05, 3.63) is 35.9 Å². The molecule has 2 aromatic heterocycles. The summed E-state index contributed by atoms with van der Waals surface area (Å²) in [6.45, 7) is 4.54. The van der Waals surface area contributed by atoms with Crippen molar-refractivity contribution in [3.63, 3.8) is 0 Å². The van der Waals surface area contributed by atoms with Gasteiger partial charge in [0.05, 0.1) is 5.69 Å². The second-order valence-electron chi connectivity index (χ2n) is 6.60. The number of nitrogens with zero attached hydrogens (tertiary/aromatic N) is 5. The molecular weight excluding hydrogens is 290 g/mol. The Bertz CT molecular complexity index is 649. The lowest BCUT2D eigenvalue weighted by Gasteiger charge is -2.41. The van der Waals surface area contributed by atoms with Gasteiger partial charge in [-0.1, -0.05) is 6.42 Å². The molecule has 0 N–H and O–H groups in total. The van der Waals surface area contributed by atoms with E-state index < -0.39 is 0 Å². The molecule has 4 rings (SSSR count). The van der Waals surface area contributed by atoms with Crippen LogP contribution in [0.4, 0.5) is 0 Å². The van der Waals surface area contributed by atoms with Crippen LogP contribution in [0.5, 0.6) is 6.01 Å². The van der Waals surface area contributed by atoms with Gasteiger partial charge < -0.3 is 4.74 Å². The molecule has 122 valence electrons. The molecule has 6 heteroatoms. The molecular formula is C17H23N5O. The van der Waals surface area contributed by atoms with E-state index in [0.717, 1.165) is 25.1 Å². The molecule has 0 amide bonds. The van der Waals surface area contributed by atoms with Crippen LogP contribution in [0.1, 0.15) is 36.9 Å².